The van der Waals surface area contributed by atoms with Gasteiger partial charge in [-0.3, -0.25) is 0 Å². The van der Waals surface area contributed by atoms with E-state index >= 15 is 0 Å². The van der Waals surface area contributed by atoms with Crippen molar-refractivity contribution in [2.24, 2.45) is 11.8 Å². The van der Waals surface area contributed by atoms with Crippen molar-refractivity contribution in [1.82, 2.24) is 10.2 Å². The van der Waals surface area contributed by atoms with E-state index in [9.17, 15) is 0 Å². The lowest BCUT2D eigenvalue weighted by atomic mass is 9.86. The van der Waals surface area contributed by atoms with Gasteiger partial charge < -0.3 is 10.2 Å². The van der Waals surface area contributed by atoms with Crippen molar-refractivity contribution in [3.63, 3.8) is 0 Å². The van der Waals surface area contributed by atoms with Crippen LogP contribution in [0.2, 0.25) is 0 Å². The van der Waals surface area contributed by atoms with Gasteiger partial charge in [-0.25, -0.2) is 0 Å². The van der Waals surface area contributed by atoms with Crippen molar-refractivity contribution < 1.29 is 0 Å². The van der Waals surface area contributed by atoms with Gasteiger partial charge in [0, 0.05) is 18.6 Å². The maximum Gasteiger partial charge on any atom is 0.0120 e. The van der Waals surface area contributed by atoms with Crippen molar-refractivity contribution in [2.45, 2.75) is 72.4 Å². The van der Waals surface area contributed by atoms with Crippen LogP contribution in [-0.2, 0) is 0 Å². The number of hydrogen-bond donors (Lipinski definition) is 1. The van der Waals surface area contributed by atoms with Gasteiger partial charge in [-0.05, 0) is 44.7 Å². The van der Waals surface area contributed by atoms with E-state index in [1.165, 1.54) is 45.3 Å². The van der Waals surface area contributed by atoms with Crippen LogP contribution in [0.15, 0.2) is 0 Å². The van der Waals surface area contributed by atoms with Crippen LogP contribution in [0.4, 0.5) is 0 Å². The summed E-state index contributed by atoms with van der Waals surface area (Å²) in [5, 5.41) is 3.73. The molecule has 2 heteroatoms. The molecule has 1 aliphatic rings. The molecular formula is C16H34N2. The lowest BCUT2D eigenvalue weighted by Gasteiger charge is -2.44. The molecular weight excluding hydrogens is 220 g/mol. The molecule has 1 N–H and O–H groups in total. The second kappa shape index (κ2) is 8.16. The Morgan fingerprint density at radius 3 is 2.39 bits per heavy atom. The highest BCUT2D eigenvalue weighted by Gasteiger charge is 2.32. The SMILES string of the molecule is CCCNC1CCN(CC(CC)CC)C(C)C1C. The normalized spacial score (nSPS) is 30.0. The zero-order chi connectivity index (χ0) is 13.5. The van der Waals surface area contributed by atoms with Crippen molar-refractivity contribution in [2.75, 3.05) is 19.6 Å². The first-order valence-corrected chi connectivity index (χ1v) is 8.11. The quantitative estimate of drug-likeness (QED) is 0.748. The van der Waals surface area contributed by atoms with E-state index in [2.05, 4.69) is 44.8 Å². The molecule has 0 amide bonds. The third-order valence-corrected chi connectivity index (χ3v) is 5.00. The van der Waals surface area contributed by atoms with E-state index in [1.54, 1.807) is 0 Å². The fraction of sp³-hybridized carbons (Fsp3) is 1.00. The first kappa shape index (κ1) is 16.0. The summed E-state index contributed by atoms with van der Waals surface area (Å²) >= 11 is 0. The predicted molar refractivity (Wildman–Crippen MR) is 81.0 cm³/mol. The molecule has 1 heterocycles. The molecule has 18 heavy (non-hydrogen) atoms. The van der Waals surface area contributed by atoms with Crippen molar-refractivity contribution >= 4 is 0 Å². The van der Waals surface area contributed by atoms with Gasteiger partial charge >= 0.3 is 0 Å². The van der Waals surface area contributed by atoms with E-state index in [-0.39, 0.29) is 0 Å². The highest BCUT2D eigenvalue weighted by Crippen LogP contribution is 2.25. The minimum atomic E-state index is 0.730. The number of hydrogen-bond acceptors (Lipinski definition) is 2. The van der Waals surface area contributed by atoms with E-state index in [0.717, 1.165) is 23.9 Å². The summed E-state index contributed by atoms with van der Waals surface area (Å²) in [6.07, 6.45) is 5.22. The van der Waals surface area contributed by atoms with Crippen LogP contribution in [0.5, 0.6) is 0 Å². The fourth-order valence-electron chi connectivity index (χ4n) is 3.19. The zero-order valence-corrected chi connectivity index (χ0v) is 13.2. The first-order chi connectivity index (χ1) is 8.63. The lowest BCUT2D eigenvalue weighted by molar-refractivity contribution is 0.0689. The fourth-order valence-corrected chi connectivity index (χ4v) is 3.19. The minimum absolute atomic E-state index is 0.730. The van der Waals surface area contributed by atoms with E-state index in [4.69, 9.17) is 0 Å². The summed E-state index contributed by atoms with van der Waals surface area (Å²) < 4.78 is 0. The van der Waals surface area contributed by atoms with Gasteiger partial charge in [0.1, 0.15) is 0 Å². The Morgan fingerprint density at radius 1 is 1.17 bits per heavy atom. The van der Waals surface area contributed by atoms with Crippen LogP contribution >= 0.6 is 0 Å². The minimum Gasteiger partial charge on any atom is -0.314 e. The van der Waals surface area contributed by atoms with E-state index in [0.29, 0.717) is 0 Å². The van der Waals surface area contributed by atoms with E-state index in [1.807, 2.05) is 0 Å². The molecule has 3 unspecified atom stereocenters. The second-order valence-electron chi connectivity index (χ2n) is 6.13. The molecule has 2 nitrogen and oxygen atoms in total. The third-order valence-electron chi connectivity index (χ3n) is 5.00. The number of nitrogens with zero attached hydrogens (tertiary/aromatic N) is 1. The van der Waals surface area contributed by atoms with Gasteiger partial charge in [0.25, 0.3) is 0 Å². The van der Waals surface area contributed by atoms with Crippen molar-refractivity contribution in [3.05, 3.63) is 0 Å². The molecule has 0 aromatic heterocycles. The van der Waals surface area contributed by atoms with Crippen molar-refractivity contribution in [1.29, 1.82) is 0 Å². The summed E-state index contributed by atoms with van der Waals surface area (Å²) in [4.78, 5) is 2.73. The first-order valence-electron chi connectivity index (χ1n) is 8.11. The van der Waals surface area contributed by atoms with Crippen LogP contribution in [0.1, 0.15) is 60.3 Å². The molecule has 1 aliphatic heterocycles. The Bertz CT molecular complexity index is 213. The summed E-state index contributed by atoms with van der Waals surface area (Å²) in [5.41, 5.74) is 0. The van der Waals surface area contributed by atoms with Crippen molar-refractivity contribution in [3.8, 4) is 0 Å². The summed E-state index contributed by atoms with van der Waals surface area (Å²) in [6, 6.07) is 1.46. The molecule has 0 spiro atoms. The van der Waals surface area contributed by atoms with Crippen LogP contribution in [-0.4, -0.2) is 36.6 Å². The molecule has 3 atom stereocenters. The summed E-state index contributed by atoms with van der Waals surface area (Å²) in [7, 11) is 0. The third kappa shape index (κ3) is 4.24. The number of nitrogens with one attached hydrogen (secondary N) is 1. The zero-order valence-electron chi connectivity index (χ0n) is 13.2. The molecule has 1 rings (SSSR count). The summed E-state index contributed by atoms with van der Waals surface area (Å²) in [6.45, 7) is 15.5. The van der Waals surface area contributed by atoms with Crippen LogP contribution < -0.4 is 5.32 Å². The largest absolute Gasteiger partial charge is 0.314 e. The van der Waals surface area contributed by atoms with E-state index < -0.39 is 0 Å². The molecule has 1 saturated heterocycles. The van der Waals surface area contributed by atoms with Crippen LogP contribution in [0, 0.1) is 11.8 Å². The average Bonchev–Trinajstić information content (AvgIpc) is 2.39. The molecule has 0 bridgehead atoms. The van der Waals surface area contributed by atoms with Crippen LogP contribution in [0.25, 0.3) is 0 Å². The molecule has 0 radical (unpaired) electrons. The van der Waals surface area contributed by atoms with Gasteiger partial charge in [-0.15, -0.1) is 0 Å². The number of likely N-dealkylation sites (tertiary alicyclic amines) is 1. The molecule has 0 aromatic carbocycles. The highest BCUT2D eigenvalue weighted by atomic mass is 15.2. The smallest absolute Gasteiger partial charge is 0.0120 e. The van der Waals surface area contributed by atoms with Gasteiger partial charge in [0.2, 0.25) is 0 Å². The molecule has 0 aliphatic carbocycles. The maximum atomic E-state index is 3.73. The Kier molecular flexibility index (Phi) is 7.25. The topological polar surface area (TPSA) is 15.3 Å². The number of piperidine rings is 1. The average molecular weight is 254 g/mol. The Morgan fingerprint density at radius 2 is 1.83 bits per heavy atom. The van der Waals surface area contributed by atoms with Crippen LogP contribution in [0.3, 0.4) is 0 Å². The predicted octanol–water partition coefficient (Wildman–Crippen LogP) is 3.52. The Balaban J connectivity index is 2.46. The summed E-state index contributed by atoms with van der Waals surface area (Å²) in [5.74, 6) is 1.67. The van der Waals surface area contributed by atoms with Gasteiger partial charge in [-0.1, -0.05) is 40.5 Å². The standard InChI is InChI=1S/C16H34N2/c1-6-10-17-16-9-11-18(14(5)13(16)4)12-15(7-2)8-3/h13-17H,6-12H2,1-5H3. The number of rotatable bonds is 7. The molecule has 0 saturated carbocycles. The maximum absolute atomic E-state index is 3.73. The van der Waals surface area contributed by atoms with Gasteiger partial charge in [0.05, 0.1) is 0 Å². The Hall–Kier alpha value is -0.0800. The Labute approximate surface area is 115 Å². The molecule has 0 aromatic rings. The van der Waals surface area contributed by atoms with Gasteiger partial charge in [0.15, 0.2) is 0 Å². The molecule has 108 valence electrons. The second-order valence-corrected chi connectivity index (χ2v) is 6.13. The lowest BCUT2D eigenvalue weighted by Crippen LogP contribution is -2.54. The molecule has 1 fully saturated rings. The van der Waals surface area contributed by atoms with Gasteiger partial charge in [-0.2, -0.15) is 0 Å². The monoisotopic (exact) mass is 254 g/mol. The highest BCUT2D eigenvalue weighted by molar-refractivity contribution is 4.89.